The smallest absolute Gasteiger partial charge is 0.320 e. The van der Waals surface area contributed by atoms with Gasteiger partial charge in [-0.05, 0) is 43.0 Å². The Morgan fingerprint density at radius 3 is 2.87 bits per heavy atom. The summed E-state index contributed by atoms with van der Waals surface area (Å²) in [5, 5.41) is 11.9. The molecule has 0 amide bonds. The highest BCUT2D eigenvalue weighted by Crippen LogP contribution is 2.27. The van der Waals surface area contributed by atoms with E-state index in [1.165, 1.54) is 5.56 Å². The Balaban J connectivity index is 2.08. The van der Waals surface area contributed by atoms with Gasteiger partial charge >= 0.3 is 5.97 Å². The lowest BCUT2D eigenvalue weighted by atomic mass is 9.87. The number of hydrogen-bond acceptors (Lipinski definition) is 3. The van der Waals surface area contributed by atoms with Gasteiger partial charge in [-0.15, -0.1) is 0 Å². The van der Waals surface area contributed by atoms with Crippen molar-refractivity contribution < 1.29 is 9.90 Å². The molecule has 0 aromatic carbocycles. The van der Waals surface area contributed by atoms with E-state index in [0.717, 1.165) is 13.0 Å². The molecular formula is C11H14N2O2. The first-order valence-corrected chi connectivity index (χ1v) is 5.13. The average Bonchev–Trinajstić information content (AvgIpc) is 2.30. The molecule has 2 rings (SSSR count). The van der Waals surface area contributed by atoms with Crippen LogP contribution in [-0.4, -0.2) is 28.6 Å². The molecule has 1 fully saturated rings. The standard InChI is InChI=1S/C11H14N2O2/c14-11(15)10-7-9(3-6-13-10)8-1-4-12-5-2-8/h1-2,4-5,9-10,13H,3,6-7H2,(H,14,15). The summed E-state index contributed by atoms with van der Waals surface area (Å²) in [5.41, 5.74) is 1.19. The van der Waals surface area contributed by atoms with E-state index in [-0.39, 0.29) is 0 Å². The molecule has 1 aliphatic rings. The maximum Gasteiger partial charge on any atom is 0.320 e. The minimum absolute atomic E-state index is 0.343. The third-order valence-electron chi connectivity index (χ3n) is 2.88. The van der Waals surface area contributed by atoms with E-state index in [1.807, 2.05) is 12.1 Å². The minimum atomic E-state index is -0.756. The normalized spacial score (nSPS) is 26.1. The summed E-state index contributed by atoms with van der Waals surface area (Å²) >= 11 is 0. The second kappa shape index (κ2) is 4.40. The lowest BCUT2D eigenvalue weighted by Crippen LogP contribution is -2.42. The first-order chi connectivity index (χ1) is 7.27. The Bertz CT molecular complexity index is 340. The summed E-state index contributed by atoms with van der Waals surface area (Å²) in [5.74, 6) is -0.413. The summed E-state index contributed by atoms with van der Waals surface area (Å²) < 4.78 is 0. The molecule has 1 aromatic rings. The van der Waals surface area contributed by atoms with Gasteiger partial charge in [-0.2, -0.15) is 0 Å². The predicted octanol–water partition coefficient (Wildman–Crippen LogP) is 1.00. The van der Waals surface area contributed by atoms with Gasteiger partial charge in [0, 0.05) is 12.4 Å². The van der Waals surface area contributed by atoms with Crippen molar-refractivity contribution in [3.05, 3.63) is 30.1 Å². The number of aromatic nitrogens is 1. The molecule has 80 valence electrons. The van der Waals surface area contributed by atoms with Crippen LogP contribution in [0.4, 0.5) is 0 Å². The highest BCUT2D eigenvalue weighted by atomic mass is 16.4. The molecule has 4 heteroatoms. The maximum atomic E-state index is 10.9. The average molecular weight is 206 g/mol. The van der Waals surface area contributed by atoms with E-state index in [2.05, 4.69) is 10.3 Å². The highest BCUT2D eigenvalue weighted by Gasteiger charge is 2.27. The molecule has 1 saturated heterocycles. The summed E-state index contributed by atoms with van der Waals surface area (Å²) in [4.78, 5) is 14.8. The van der Waals surface area contributed by atoms with Crippen molar-refractivity contribution in [3.8, 4) is 0 Å². The second-order valence-electron chi connectivity index (χ2n) is 3.85. The lowest BCUT2D eigenvalue weighted by molar-refractivity contribution is -0.140. The molecule has 0 spiro atoms. The van der Waals surface area contributed by atoms with Crippen molar-refractivity contribution in [1.29, 1.82) is 0 Å². The number of hydrogen-bond donors (Lipinski definition) is 2. The lowest BCUT2D eigenvalue weighted by Gasteiger charge is -2.27. The Morgan fingerprint density at radius 1 is 1.47 bits per heavy atom. The molecule has 1 aromatic heterocycles. The van der Waals surface area contributed by atoms with Gasteiger partial charge in [-0.3, -0.25) is 9.78 Å². The zero-order chi connectivity index (χ0) is 10.7. The van der Waals surface area contributed by atoms with Gasteiger partial charge < -0.3 is 10.4 Å². The molecule has 0 aliphatic carbocycles. The fourth-order valence-electron chi connectivity index (χ4n) is 2.04. The van der Waals surface area contributed by atoms with Crippen LogP contribution in [-0.2, 0) is 4.79 Å². The van der Waals surface area contributed by atoms with Crippen LogP contribution in [0.25, 0.3) is 0 Å². The van der Waals surface area contributed by atoms with Crippen molar-refractivity contribution in [2.75, 3.05) is 6.54 Å². The SMILES string of the molecule is O=C(O)C1CC(c2ccncc2)CCN1. The van der Waals surface area contributed by atoms with Crippen molar-refractivity contribution in [2.45, 2.75) is 24.8 Å². The van der Waals surface area contributed by atoms with Gasteiger partial charge in [-0.25, -0.2) is 0 Å². The third-order valence-corrected chi connectivity index (χ3v) is 2.88. The van der Waals surface area contributed by atoms with Gasteiger partial charge in [0.1, 0.15) is 6.04 Å². The Labute approximate surface area is 88.3 Å². The molecular weight excluding hydrogens is 192 g/mol. The first kappa shape index (κ1) is 10.1. The van der Waals surface area contributed by atoms with Gasteiger partial charge in [0.2, 0.25) is 0 Å². The topological polar surface area (TPSA) is 62.2 Å². The number of aliphatic carboxylic acids is 1. The fourth-order valence-corrected chi connectivity index (χ4v) is 2.04. The van der Waals surface area contributed by atoms with Crippen LogP contribution in [0.1, 0.15) is 24.3 Å². The number of carboxylic acids is 1. The molecule has 2 atom stereocenters. The zero-order valence-corrected chi connectivity index (χ0v) is 8.39. The highest BCUT2D eigenvalue weighted by molar-refractivity contribution is 5.73. The summed E-state index contributed by atoms with van der Waals surface area (Å²) in [6, 6.07) is 3.53. The number of piperidine rings is 1. The predicted molar refractivity (Wildman–Crippen MR) is 55.6 cm³/mol. The van der Waals surface area contributed by atoms with Gasteiger partial charge in [-0.1, -0.05) is 0 Å². The largest absolute Gasteiger partial charge is 0.480 e. The number of carbonyl (C=O) groups is 1. The van der Waals surface area contributed by atoms with E-state index >= 15 is 0 Å². The molecule has 2 unspecified atom stereocenters. The van der Waals surface area contributed by atoms with Gasteiger partial charge in [0.25, 0.3) is 0 Å². The molecule has 2 N–H and O–H groups in total. The van der Waals surface area contributed by atoms with E-state index in [1.54, 1.807) is 12.4 Å². The maximum absolute atomic E-state index is 10.9. The zero-order valence-electron chi connectivity index (χ0n) is 8.39. The third kappa shape index (κ3) is 2.33. The molecule has 1 aliphatic heterocycles. The van der Waals surface area contributed by atoms with Crippen LogP contribution in [0.5, 0.6) is 0 Å². The first-order valence-electron chi connectivity index (χ1n) is 5.13. The van der Waals surface area contributed by atoms with Crippen LogP contribution in [0, 0.1) is 0 Å². The second-order valence-corrected chi connectivity index (χ2v) is 3.85. The Hall–Kier alpha value is -1.42. The molecule has 15 heavy (non-hydrogen) atoms. The van der Waals surface area contributed by atoms with Crippen molar-refractivity contribution in [2.24, 2.45) is 0 Å². The van der Waals surface area contributed by atoms with Crippen LogP contribution in [0.3, 0.4) is 0 Å². The number of carboxylic acid groups (broad SMARTS) is 1. The van der Waals surface area contributed by atoms with Crippen LogP contribution < -0.4 is 5.32 Å². The summed E-state index contributed by atoms with van der Waals surface area (Å²) in [6.45, 7) is 0.768. The van der Waals surface area contributed by atoms with Gasteiger partial charge in [0.05, 0.1) is 0 Å². The van der Waals surface area contributed by atoms with E-state index in [4.69, 9.17) is 5.11 Å². The minimum Gasteiger partial charge on any atom is -0.480 e. The van der Waals surface area contributed by atoms with Crippen molar-refractivity contribution in [3.63, 3.8) is 0 Å². The number of pyridine rings is 1. The monoisotopic (exact) mass is 206 g/mol. The van der Waals surface area contributed by atoms with E-state index in [9.17, 15) is 4.79 Å². The number of nitrogens with zero attached hydrogens (tertiary/aromatic N) is 1. The van der Waals surface area contributed by atoms with Crippen LogP contribution in [0.2, 0.25) is 0 Å². The number of nitrogens with one attached hydrogen (secondary N) is 1. The molecule has 0 bridgehead atoms. The fraction of sp³-hybridized carbons (Fsp3) is 0.455. The Morgan fingerprint density at radius 2 is 2.20 bits per heavy atom. The molecule has 4 nitrogen and oxygen atoms in total. The molecule has 0 saturated carbocycles. The summed E-state index contributed by atoms with van der Waals surface area (Å²) in [6.07, 6.45) is 5.17. The van der Waals surface area contributed by atoms with Gasteiger partial charge in [0.15, 0.2) is 0 Å². The van der Waals surface area contributed by atoms with Crippen LogP contribution >= 0.6 is 0 Å². The van der Waals surface area contributed by atoms with Crippen molar-refractivity contribution in [1.82, 2.24) is 10.3 Å². The van der Waals surface area contributed by atoms with Crippen LogP contribution in [0.15, 0.2) is 24.5 Å². The van der Waals surface area contributed by atoms with Crippen molar-refractivity contribution >= 4 is 5.97 Å². The quantitative estimate of drug-likeness (QED) is 0.757. The summed E-state index contributed by atoms with van der Waals surface area (Å²) in [7, 11) is 0. The molecule has 2 heterocycles. The van der Waals surface area contributed by atoms with E-state index in [0.29, 0.717) is 12.3 Å². The van der Waals surface area contributed by atoms with E-state index < -0.39 is 12.0 Å². The number of rotatable bonds is 2. The Kier molecular flexibility index (Phi) is 2.97. The molecule has 0 radical (unpaired) electrons.